The molecule has 1 aromatic heterocycles. The van der Waals surface area contributed by atoms with E-state index in [9.17, 15) is 24.9 Å². The number of aliphatic hydroxyl groups is 3. The standard InChI is InChI=1S/C37H69N5O17/c1-3-49-16-17-55-24-19-51-12-6-41(7-13-52-20-25-56-23-18-50-10-5-33(45)46)8-14-53-21-26-57-27-22-54-15-9-42-28-31(39-40-42)4-11-58-37-34(38-30(2)44)36(48)35(47)32(29-43)59-37/h28,32,34-37,43,47-48H,3-27,29H2,1-2H3,(H,38,44)(H,45,46)/t32-,34-,35+,36-,37-/m1/s1. The van der Waals surface area contributed by atoms with E-state index in [4.69, 9.17) is 57.2 Å². The summed E-state index contributed by atoms with van der Waals surface area (Å²) in [5.74, 6) is -1.32. The van der Waals surface area contributed by atoms with Crippen molar-refractivity contribution in [3.63, 3.8) is 0 Å². The molecular weight excluding hydrogens is 786 g/mol. The third kappa shape index (κ3) is 26.4. The fraction of sp³-hybridized carbons (Fsp3) is 0.892. The minimum Gasteiger partial charge on any atom is -0.481 e. The Hall–Kier alpha value is -2.52. The molecule has 59 heavy (non-hydrogen) atoms. The van der Waals surface area contributed by atoms with E-state index >= 15 is 0 Å². The SMILES string of the molecule is CCOCCOCCOCCN(CCOCCOCCOCCC(=O)O)CCOCCOCCOCCn1cc(CCO[C@@H]2O[C@H](CO)[C@H](O)[C@H](O)[C@H]2NC(C)=O)nn1. The van der Waals surface area contributed by atoms with Gasteiger partial charge in [0, 0.05) is 45.8 Å². The van der Waals surface area contributed by atoms with Crippen LogP contribution in [-0.2, 0) is 74.7 Å². The second-order valence-electron chi connectivity index (χ2n) is 13.1. The average molecular weight is 856 g/mol. The first kappa shape index (κ1) is 52.6. The number of nitrogens with one attached hydrogen (secondary N) is 1. The molecule has 0 bridgehead atoms. The molecule has 5 N–H and O–H groups in total. The van der Waals surface area contributed by atoms with Crippen LogP contribution in [0.1, 0.15) is 26.0 Å². The molecule has 1 aliphatic rings. The van der Waals surface area contributed by atoms with Gasteiger partial charge in [-0.25, -0.2) is 4.68 Å². The molecule has 344 valence electrons. The van der Waals surface area contributed by atoms with Crippen LogP contribution in [0.2, 0.25) is 0 Å². The third-order valence-corrected chi connectivity index (χ3v) is 8.49. The van der Waals surface area contributed by atoms with Crippen molar-refractivity contribution in [1.29, 1.82) is 0 Å². The lowest BCUT2D eigenvalue weighted by molar-refractivity contribution is -0.269. The highest BCUT2D eigenvalue weighted by Gasteiger charge is 2.45. The van der Waals surface area contributed by atoms with Crippen molar-refractivity contribution < 1.29 is 82.1 Å². The van der Waals surface area contributed by atoms with Gasteiger partial charge in [-0.1, -0.05) is 5.21 Å². The third-order valence-electron chi connectivity index (χ3n) is 8.49. The Bertz CT molecular complexity index is 1170. The summed E-state index contributed by atoms with van der Waals surface area (Å²) >= 11 is 0. The molecule has 1 amide bonds. The van der Waals surface area contributed by atoms with Gasteiger partial charge in [0.25, 0.3) is 0 Å². The zero-order valence-corrected chi connectivity index (χ0v) is 34.7. The highest BCUT2D eigenvalue weighted by molar-refractivity contribution is 5.73. The molecular formula is C37H69N5O17. The van der Waals surface area contributed by atoms with Crippen LogP contribution in [0, 0.1) is 0 Å². The fourth-order valence-electron chi connectivity index (χ4n) is 5.36. The van der Waals surface area contributed by atoms with Crippen LogP contribution in [0.25, 0.3) is 0 Å². The maximum Gasteiger partial charge on any atom is 0.305 e. The van der Waals surface area contributed by atoms with Crippen LogP contribution in [-0.4, -0.2) is 235 Å². The van der Waals surface area contributed by atoms with Crippen molar-refractivity contribution in [3.05, 3.63) is 11.9 Å². The molecule has 1 aliphatic heterocycles. The van der Waals surface area contributed by atoms with E-state index in [1.54, 1.807) is 10.9 Å². The lowest BCUT2D eigenvalue weighted by atomic mass is 9.97. The van der Waals surface area contributed by atoms with Gasteiger partial charge >= 0.3 is 5.97 Å². The summed E-state index contributed by atoms with van der Waals surface area (Å²) in [7, 11) is 0. The number of carboxylic acid groups (broad SMARTS) is 1. The number of ether oxygens (including phenoxy) is 11. The number of carbonyl (C=O) groups is 2. The van der Waals surface area contributed by atoms with E-state index in [0.29, 0.717) is 151 Å². The molecule has 0 aromatic carbocycles. The van der Waals surface area contributed by atoms with Crippen LogP contribution in [0.3, 0.4) is 0 Å². The van der Waals surface area contributed by atoms with Gasteiger partial charge in [0.2, 0.25) is 5.91 Å². The van der Waals surface area contributed by atoms with E-state index in [1.165, 1.54) is 6.92 Å². The Morgan fingerprint density at radius 1 is 0.729 bits per heavy atom. The van der Waals surface area contributed by atoms with Crippen molar-refractivity contribution >= 4 is 11.9 Å². The first-order valence-electron chi connectivity index (χ1n) is 20.3. The summed E-state index contributed by atoms with van der Waals surface area (Å²) in [4.78, 5) is 24.3. The number of aliphatic carboxylic acids is 1. The molecule has 1 saturated heterocycles. The van der Waals surface area contributed by atoms with E-state index in [0.717, 1.165) is 0 Å². The molecule has 2 heterocycles. The molecule has 5 atom stereocenters. The first-order valence-corrected chi connectivity index (χ1v) is 20.3. The fourth-order valence-corrected chi connectivity index (χ4v) is 5.36. The lowest BCUT2D eigenvalue weighted by Crippen LogP contribution is -2.64. The topological polar surface area (TPSA) is 263 Å². The summed E-state index contributed by atoms with van der Waals surface area (Å²) in [6.07, 6.45) is -2.79. The molecule has 1 fully saturated rings. The molecule has 1 aromatic rings. The van der Waals surface area contributed by atoms with Crippen LogP contribution < -0.4 is 5.32 Å². The molecule has 0 saturated carbocycles. The quantitative estimate of drug-likeness (QED) is 0.0436. The molecule has 0 spiro atoms. The molecule has 0 unspecified atom stereocenters. The largest absolute Gasteiger partial charge is 0.481 e. The van der Waals surface area contributed by atoms with Gasteiger partial charge in [-0.15, -0.1) is 5.10 Å². The van der Waals surface area contributed by atoms with Crippen LogP contribution in [0.5, 0.6) is 0 Å². The first-order chi connectivity index (χ1) is 28.7. The van der Waals surface area contributed by atoms with Crippen molar-refractivity contribution in [2.75, 3.05) is 152 Å². The summed E-state index contributed by atoms with van der Waals surface area (Å²) < 4.78 is 62.9. The average Bonchev–Trinajstić information content (AvgIpc) is 3.67. The normalized spacial score (nSPS) is 19.5. The number of carbonyl (C=O) groups excluding carboxylic acids is 1. The van der Waals surface area contributed by atoms with E-state index in [2.05, 4.69) is 20.5 Å². The van der Waals surface area contributed by atoms with E-state index in [-0.39, 0.29) is 19.6 Å². The molecule has 0 radical (unpaired) electrons. The van der Waals surface area contributed by atoms with Gasteiger partial charge in [0.1, 0.15) is 24.4 Å². The molecule has 22 nitrogen and oxygen atoms in total. The highest BCUT2D eigenvalue weighted by atomic mass is 16.7. The zero-order chi connectivity index (χ0) is 42.8. The van der Waals surface area contributed by atoms with Crippen molar-refractivity contribution in [1.82, 2.24) is 25.2 Å². The second kappa shape index (κ2) is 35.1. The summed E-state index contributed by atoms with van der Waals surface area (Å²) in [6, 6.07) is -1.01. The Morgan fingerprint density at radius 3 is 1.71 bits per heavy atom. The maximum atomic E-state index is 11.6. The van der Waals surface area contributed by atoms with Gasteiger partial charge < -0.3 is 77.8 Å². The van der Waals surface area contributed by atoms with Gasteiger partial charge in [0.15, 0.2) is 6.29 Å². The Balaban J connectivity index is 1.53. The zero-order valence-electron chi connectivity index (χ0n) is 34.7. The van der Waals surface area contributed by atoms with Crippen LogP contribution in [0.4, 0.5) is 0 Å². The van der Waals surface area contributed by atoms with E-state index < -0.39 is 49.1 Å². The van der Waals surface area contributed by atoms with Crippen LogP contribution >= 0.6 is 0 Å². The van der Waals surface area contributed by atoms with Crippen molar-refractivity contribution in [2.45, 2.75) is 63.9 Å². The molecule has 22 heteroatoms. The Kier molecular flexibility index (Phi) is 31.3. The van der Waals surface area contributed by atoms with Gasteiger partial charge in [-0.2, -0.15) is 0 Å². The molecule has 0 aliphatic carbocycles. The number of aromatic nitrogens is 3. The number of nitrogens with zero attached hydrogens (tertiary/aromatic N) is 4. The second-order valence-corrected chi connectivity index (χ2v) is 13.1. The monoisotopic (exact) mass is 855 g/mol. The minimum atomic E-state index is -1.38. The van der Waals surface area contributed by atoms with Crippen molar-refractivity contribution in [3.8, 4) is 0 Å². The predicted molar refractivity (Wildman–Crippen MR) is 207 cm³/mol. The summed E-state index contributed by atoms with van der Waals surface area (Å²) in [5.41, 5.74) is 0.650. The van der Waals surface area contributed by atoms with Gasteiger partial charge in [0.05, 0.1) is 144 Å². The van der Waals surface area contributed by atoms with Gasteiger partial charge in [-0.05, 0) is 6.92 Å². The lowest BCUT2D eigenvalue weighted by Gasteiger charge is -2.42. The smallest absolute Gasteiger partial charge is 0.305 e. The minimum absolute atomic E-state index is 0.0273. The Labute approximate surface area is 346 Å². The predicted octanol–water partition coefficient (Wildman–Crippen LogP) is -2.27. The molecule has 2 rings (SSSR count). The number of rotatable bonds is 40. The van der Waals surface area contributed by atoms with Crippen LogP contribution in [0.15, 0.2) is 6.20 Å². The number of carboxylic acids is 1. The highest BCUT2D eigenvalue weighted by Crippen LogP contribution is 2.22. The number of amides is 1. The number of aliphatic hydroxyl groups excluding tert-OH is 3. The van der Waals surface area contributed by atoms with Crippen molar-refractivity contribution in [2.24, 2.45) is 0 Å². The van der Waals surface area contributed by atoms with Gasteiger partial charge in [-0.3, -0.25) is 14.5 Å². The number of hydrogen-bond donors (Lipinski definition) is 5. The summed E-state index contributed by atoms with van der Waals surface area (Å²) in [5, 5.41) is 49.4. The Morgan fingerprint density at radius 2 is 1.22 bits per heavy atom. The number of hydrogen-bond acceptors (Lipinski definition) is 19. The van der Waals surface area contributed by atoms with E-state index in [1.807, 2.05) is 6.92 Å². The summed E-state index contributed by atoms with van der Waals surface area (Å²) in [6.45, 7) is 13.6. The maximum absolute atomic E-state index is 11.6.